The molecule has 62 valence electrons. The zero-order chi connectivity index (χ0) is 8.97. The Labute approximate surface area is 75.9 Å². The van der Waals surface area contributed by atoms with Crippen molar-refractivity contribution in [3.63, 3.8) is 0 Å². The minimum Gasteiger partial charge on any atom is -0.329 e. The first-order valence-corrected chi connectivity index (χ1v) is 3.82. The van der Waals surface area contributed by atoms with Crippen molar-refractivity contribution in [2.75, 3.05) is 0 Å². The standard InChI is InChI=1S/C8H8ClN3/c1-7(9)6-12-5-4-11-8(12)2-3-10/h4-5H,1-2,6H2. The van der Waals surface area contributed by atoms with Crippen LogP contribution >= 0.6 is 11.6 Å². The highest BCUT2D eigenvalue weighted by atomic mass is 35.5. The van der Waals surface area contributed by atoms with Gasteiger partial charge < -0.3 is 4.57 Å². The van der Waals surface area contributed by atoms with Crippen molar-refractivity contribution in [2.24, 2.45) is 0 Å². The minimum atomic E-state index is 0.303. The van der Waals surface area contributed by atoms with Crippen molar-refractivity contribution in [1.82, 2.24) is 9.55 Å². The fraction of sp³-hybridized carbons (Fsp3) is 0.250. The Balaban J connectivity index is 2.78. The molecule has 0 radical (unpaired) electrons. The number of allylic oxidation sites excluding steroid dienone is 1. The lowest BCUT2D eigenvalue weighted by Crippen LogP contribution is -2.01. The van der Waals surface area contributed by atoms with Gasteiger partial charge in [-0.2, -0.15) is 5.26 Å². The molecule has 0 aliphatic rings. The van der Waals surface area contributed by atoms with Crippen LogP contribution in [0.2, 0.25) is 0 Å². The number of rotatable bonds is 3. The summed E-state index contributed by atoms with van der Waals surface area (Å²) in [6.07, 6.45) is 3.73. The van der Waals surface area contributed by atoms with Gasteiger partial charge in [0.15, 0.2) is 0 Å². The van der Waals surface area contributed by atoms with E-state index in [0.717, 1.165) is 5.82 Å². The molecule has 0 aromatic carbocycles. The van der Waals surface area contributed by atoms with Crippen molar-refractivity contribution in [3.05, 3.63) is 29.8 Å². The first kappa shape index (κ1) is 8.82. The van der Waals surface area contributed by atoms with Crippen LogP contribution in [0.25, 0.3) is 0 Å². The molecule has 0 atom stereocenters. The number of aromatic nitrogens is 2. The number of halogens is 1. The molecule has 0 unspecified atom stereocenters. The number of imidazole rings is 1. The van der Waals surface area contributed by atoms with Crippen LogP contribution in [-0.4, -0.2) is 9.55 Å². The normalized spacial score (nSPS) is 9.33. The van der Waals surface area contributed by atoms with Crippen molar-refractivity contribution in [2.45, 2.75) is 13.0 Å². The summed E-state index contributed by atoms with van der Waals surface area (Å²) in [5.74, 6) is 0.722. The van der Waals surface area contributed by atoms with Gasteiger partial charge in [-0.05, 0) is 0 Å². The van der Waals surface area contributed by atoms with Gasteiger partial charge in [-0.3, -0.25) is 0 Å². The Morgan fingerprint density at radius 1 is 1.83 bits per heavy atom. The first-order chi connectivity index (χ1) is 5.74. The lowest BCUT2D eigenvalue weighted by Gasteiger charge is -2.02. The number of hydrogen-bond donors (Lipinski definition) is 0. The molecule has 0 saturated heterocycles. The summed E-state index contributed by atoms with van der Waals surface area (Å²) in [6, 6.07) is 2.03. The SMILES string of the molecule is C=C(Cl)Cn1ccnc1CC#N. The molecule has 3 nitrogen and oxygen atoms in total. The maximum Gasteiger partial charge on any atom is 0.123 e. The van der Waals surface area contributed by atoms with Crippen LogP contribution < -0.4 is 0 Å². The molecule has 0 N–H and O–H groups in total. The van der Waals surface area contributed by atoms with Crippen LogP contribution in [0.5, 0.6) is 0 Å². The molecule has 0 aliphatic carbocycles. The van der Waals surface area contributed by atoms with E-state index in [4.69, 9.17) is 16.9 Å². The Morgan fingerprint density at radius 3 is 3.17 bits per heavy atom. The summed E-state index contributed by atoms with van der Waals surface area (Å²) >= 11 is 5.62. The van der Waals surface area contributed by atoms with E-state index in [-0.39, 0.29) is 0 Å². The van der Waals surface area contributed by atoms with Gasteiger partial charge in [-0.25, -0.2) is 4.98 Å². The number of nitriles is 1. The molecular weight excluding hydrogens is 174 g/mol. The van der Waals surface area contributed by atoms with Crippen molar-refractivity contribution in [1.29, 1.82) is 5.26 Å². The second-order valence-electron chi connectivity index (χ2n) is 2.32. The average Bonchev–Trinajstić information content (AvgIpc) is 2.37. The topological polar surface area (TPSA) is 41.6 Å². The van der Waals surface area contributed by atoms with Gasteiger partial charge in [0, 0.05) is 17.4 Å². The molecular formula is C8H8ClN3. The van der Waals surface area contributed by atoms with Crippen LogP contribution in [-0.2, 0) is 13.0 Å². The van der Waals surface area contributed by atoms with Gasteiger partial charge in [-0.15, -0.1) is 0 Å². The predicted molar refractivity (Wildman–Crippen MR) is 46.5 cm³/mol. The van der Waals surface area contributed by atoms with E-state index in [2.05, 4.69) is 11.6 Å². The number of nitrogens with zero attached hydrogens (tertiary/aromatic N) is 3. The molecule has 1 heterocycles. The highest BCUT2D eigenvalue weighted by Gasteiger charge is 2.01. The van der Waals surface area contributed by atoms with Gasteiger partial charge in [-0.1, -0.05) is 18.2 Å². The lowest BCUT2D eigenvalue weighted by molar-refractivity contribution is 0.757. The second kappa shape index (κ2) is 3.93. The summed E-state index contributed by atoms with van der Waals surface area (Å²) < 4.78 is 1.80. The Hall–Kier alpha value is -1.27. The van der Waals surface area contributed by atoms with Crippen LogP contribution in [0.15, 0.2) is 24.0 Å². The van der Waals surface area contributed by atoms with Gasteiger partial charge in [0.2, 0.25) is 0 Å². The fourth-order valence-electron chi connectivity index (χ4n) is 0.907. The quantitative estimate of drug-likeness (QED) is 0.712. The summed E-state index contributed by atoms with van der Waals surface area (Å²) in [5, 5.41) is 8.97. The van der Waals surface area contributed by atoms with Gasteiger partial charge in [0.05, 0.1) is 19.0 Å². The monoisotopic (exact) mass is 181 g/mol. The van der Waals surface area contributed by atoms with E-state index in [1.54, 1.807) is 17.0 Å². The van der Waals surface area contributed by atoms with Crippen molar-refractivity contribution in [3.8, 4) is 6.07 Å². The van der Waals surface area contributed by atoms with Crippen molar-refractivity contribution >= 4 is 11.6 Å². The third-order valence-electron chi connectivity index (χ3n) is 1.38. The molecule has 1 aromatic heterocycles. The summed E-state index contributed by atoms with van der Waals surface area (Å²) in [7, 11) is 0. The fourth-order valence-corrected chi connectivity index (χ4v) is 1.04. The van der Waals surface area contributed by atoms with E-state index in [1.807, 2.05) is 6.07 Å². The number of hydrogen-bond acceptors (Lipinski definition) is 2. The van der Waals surface area contributed by atoms with Crippen LogP contribution in [0, 0.1) is 11.3 Å². The molecule has 1 rings (SSSR count). The molecule has 4 heteroatoms. The molecule has 0 bridgehead atoms. The first-order valence-electron chi connectivity index (χ1n) is 3.44. The van der Waals surface area contributed by atoms with Crippen LogP contribution in [0.1, 0.15) is 5.82 Å². The second-order valence-corrected chi connectivity index (χ2v) is 2.86. The zero-order valence-corrected chi connectivity index (χ0v) is 7.25. The van der Waals surface area contributed by atoms with E-state index in [1.165, 1.54) is 0 Å². The van der Waals surface area contributed by atoms with E-state index in [0.29, 0.717) is 18.0 Å². The van der Waals surface area contributed by atoms with E-state index < -0.39 is 0 Å². The van der Waals surface area contributed by atoms with E-state index in [9.17, 15) is 0 Å². The predicted octanol–water partition coefficient (Wildman–Crippen LogP) is 1.70. The van der Waals surface area contributed by atoms with Crippen molar-refractivity contribution < 1.29 is 0 Å². The molecule has 0 saturated carbocycles. The van der Waals surface area contributed by atoms with Crippen LogP contribution in [0.3, 0.4) is 0 Å². The van der Waals surface area contributed by atoms with Gasteiger partial charge in [0.25, 0.3) is 0 Å². The minimum absolute atomic E-state index is 0.303. The third-order valence-corrected chi connectivity index (χ3v) is 1.50. The molecule has 1 aromatic rings. The Bertz CT molecular complexity index is 321. The smallest absolute Gasteiger partial charge is 0.123 e. The Morgan fingerprint density at radius 2 is 2.58 bits per heavy atom. The maximum atomic E-state index is 8.44. The lowest BCUT2D eigenvalue weighted by atomic mass is 10.4. The van der Waals surface area contributed by atoms with Gasteiger partial charge >= 0.3 is 0 Å². The molecule has 12 heavy (non-hydrogen) atoms. The average molecular weight is 182 g/mol. The third kappa shape index (κ3) is 2.11. The molecule has 0 fully saturated rings. The molecule has 0 amide bonds. The van der Waals surface area contributed by atoms with Gasteiger partial charge in [0.1, 0.15) is 5.82 Å². The van der Waals surface area contributed by atoms with Crippen LogP contribution in [0.4, 0.5) is 0 Å². The summed E-state index contributed by atoms with van der Waals surface area (Å²) in [6.45, 7) is 4.08. The summed E-state index contributed by atoms with van der Waals surface area (Å²) in [5.41, 5.74) is 0. The zero-order valence-electron chi connectivity index (χ0n) is 6.50. The Kier molecular flexibility index (Phi) is 2.89. The largest absolute Gasteiger partial charge is 0.329 e. The highest BCUT2D eigenvalue weighted by Crippen LogP contribution is 2.05. The van der Waals surface area contributed by atoms with E-state index >= 15 is 0 Å². The maximum absolute atomic E-state index is 8.44. The molecule has 0 aliphatic heterocycles. The highest BCUT2D eigenvalue weighted by molar-refractivity contribution is 6.29. The molecule has 0 spiro atoms. The summed E-state index contributed by atoms with van der Waals surface area (Å²) in [4.78, 5) is 4.00.